The number of hydrogen-bond acceptors (Lipinski definition) is 3. The minimum Gasteiger partial charge on any atom is -0.861 e. The number of rotatable bonds is 9. The Labute approximate surface area is 199 Å². The van der Waals surface area contributed by atoms with Crippen LogP contribution < -0.4 is 9.84 Å². The van der Waals surface area contributed by atoms with Crippen molar-refractivity contribution in [3.8, 4) is 5.75 Å². The SMILES string of the molecule is C[N+]1(CCCOc2ccc(F)cc2F)CCC(C(C(=N)[O-])(c2ccccc2)c2ccccc2)C1. The Morgan fingerprint density at radius 1 is 1.03 bits per heavy atom. The van der Waals surface area contributed by atoms with E-state index >= 15 is 0 Å². The fourth-order valence-electron chi connectivity index (χ4n) is 5.45. The Balaban J connectivity index is 1.51. The number of quaternary nitrogens is 1. The van der Waals surface area contributed by atoms with Gasteiger partial charge >= 0.3 is 0 Å². The summed E-state index contributed by atoms with van der Waals surface area (Å²) in [6.07, 6.45) is 1.51. The maximum absolute atomic E-state index is 13.8. The second kappa shape index (κ2) is 9.94. The predicted molar refractivity (Wildman–Crippen MR) is 127 cm³/mol. The maximum atomic E-state index is 13.8. The molecule has 1 aliphatic heterocycles. The monoisotopic (exact) mass is 464 g/mol. The fraction of sp³-hybridized carbons (Fsp3) is 0.321. The summed E-state index contributed by atoms with van der Waals surface area (Å²) in [5.41, 5.74) is 0.691. The van der Waals surface area contributed by atoms with Gasteiger partial charge in [0.2, 0.25) is 0 Å². The van der Waals surface area contributed by atoms with E-state index in [0.29, 0.717) is 13.0 Å². The average Bonchev–Trinajstić information content (AvgIpc) is 3.22. The molecule has 2 unspecified atom stereocenters. The van der Waals surface area contributed by atoms with Crippen molar-refractivity contribution in [1.29, 1.82) is 5.41 Å². The summed E-state index contributed by atoms with van der Waals surface area (Å²) in [6, 6.07) is 22.6. The molecule has 1 aliphatic rings. The molecule has 0 aliphatic carbocycles. The first-order valence-electron chi connectivity index (χ1n) is 11.6. The molecule has 0 radical (unpaired) electrons. The number of ether oxygens (including phenoxy) is 1. The highest BCUT2D eigenvalue weighted by atomic mass is 19.1. The van der Waals surface area contributed by atoms with Crippen molar-refractivity contribution in [1.82, 2.24) is 0 Å². The minimum absolute atomic E-state index is 0.0252. The zero-order valence-corrected chi connectivity index (χ0v) is 19.3. The Bertz CT molecular complexity index is 1080. The molecular formula is C28H30F2N2O2. The van der Waals surface area contributed by atoms with Crippen LogP contribution >= 0.6 is 0 Å². The van der Waals surface area contributed by atoms with Gasteiger partial charge in [0.15, 0.2) is 11.6 Å². The summed E-state index contributed by atoms with van der Waals surface area (Å²) in [6.45, 7) is 2.75. The van der Waals surface area contributed by atoms with Crippen molar-refractivity contribution in [2.75, 3.05) is 33.3 Å². The van der Waals surface area contributed by atoms with E-state index in [1.165, 1.54) is 12.1 Å². The lowest BCUT2D eigenvalue weighted by Gasteiger charge is -2.43. The third kappa shape index (κ3) is 4.68. The molecule has 178 valence electrons. The Hall–Kier alpha value is -3.25. The molecule has 0 saturated carbocycles. The van der Waals surface area contributed by atoms with E-state index in [2.05, 4.69) is 7.05 Å². The van der Waals surface area contributed by atoms with Crippen LogP contribution in [0.4, 0.5) is 8.78 Å². The molecule has 1 N–H and O–H groups in total. The normalized spacial score (nSPS) is 20.3. The molecule has 1 fully saturated rings. The van der Waals surface area contributed by atoms with Gasteiger partial charge in [-0.25, -0.2) is 8.78 Å². The van der Waals surface area contributed by atoms with Crippen LogP contribution in [0.15, 0.2) is 78.9 Å². The average molecular weight is 465 g/mol. The van der Waals surface area contributed by atoms with Crippen LogP contribution in [0.25, 0.3) is 0 Å². The largest absolute Gasteiger partial charge is 0.861 e. The van der Waals surface area contributed by atoms with Crippen LogP contribution in [0.1, 0.15) is 24.0 Å². The van der Waals surface area contributed by atoms with E-state index in [0.717, 1.165) is 47.7 Å². The fourth-order valence-corrected chi connectivity index (χ4v) is 5.45. The van der Waals surface area contributed by atoms with Gasteiger partial charge in [0, 0.05) is 24.8 Å². The lowest BCUT2D eigenvalue weighted by Crippen LogP contribution is -2.52. The molecule has 2 atom stereocenters. The molecule has 1 heterocycles. The number of hydrogen-bond donors (Lipinski definition) is 1. The number of benzene rings is 3. The van der Waals surface area contributed by atoms with Gasteiger partial charge in [-0.3, -0.25) is 0 Å². The molecule has 0 spiro atoms. The first-order chi connectivity index (χ1) is 16.3. The molecule has 0 bridgehead atoms. The van der Waals surface area contributed by atoms with E-state index < -0.39 is 22.9 Å². The van der Waals surface area contributed by atoms with E-state index in [1.54, 1.807) is 0 Å². The molecule has 0 amide bonds. The highest BCUT2D eigenvalue weighted by Crippen LogP contribution is 2.45. The highest BCUT2D eigenvalue weighted by molar-refractivity contribution is 5.87. The van der Waals surface area contributed by atoms with Gasteiger partial charge in [0.25, 0.3) is 0 Å². The Kier molecular flexibility index (Phi) is 6.98. The predicted octanol–water partition coefficient (Wildman–Crippen LogP) is 4.52. The number of nitrogens with zero attached hydrogens (tertiary/aromatic N) is 1. The van der Waals surface area contributed by atoms with E-state index in [9.17, 15) is 13.9 Å². The van der Waals surface area contributed by atoms with Gasteiger partial charge in [-0.2, -0.15) is 0 Å². The highest BCUT2D eigenvalue weighted by Gasteiger charge is 2.49. The zero-order valence-electron chi connectivity index (χ0n) is 19.3. The molecule has 1 saturated heterocycles. The second-order valence-electron chi connectivity index (χ2n) is 9.38. The van der Waals surface area contributed by atoms with Crippen molar-refractivity contribution < 1.29 is 23.1 Å². The third-order valence-electron chi connectivity index (χ3n) is 7.10. The van der Waals surface area contributed by atoms with Crippen molar-refractivity contribution in [2.45, 2.75) is 18.3 Å². The number of likely N-dealkylation sites (tertiary alicyclic amines) is 1. The van der Waals surface area contributed by atoms with Gasteiger partial charge in [0.05, 0.1) is 38.7 Å². The van der Waals surface area contributed by atoms with Crippen LogP contribution in [0.5, 0.6) is 5.75 Å². The smallest absolute Gasteiger partial charge is 0.167 e. The topological polar surface area (TPSA) is 56.1 Å². The molecule has 0 aromatic heterocycles. The lowest BCUT2D eigenvalue weighted by molar-refractivity contribution is -0.899. The van der Waals surface area contributed by atoms with Crippen molar-refractivity contribution >= 4 is 5.90 Å². The summed E-state index contributed by atoms with van der Waals surface area (Å²) in [4.78, 5) is 0. The van der Waals surface area contributed by atoms with Crippen LogP contribution in [0.3, 0.4) is 0 Å². The quantitative estimate of drug-likeness (QED) is 0.219. The maximum Gasteiger partial charge on any atom is 0.167 e. The number of nitrogens with one attached hydrogen (secondary N) is 1. The third-order valence-corrected chi connectivity index (χ3v) is 7.10. The van der Waals surface area contributed by atoms with Gasteiger partial charge in [-0.15, -0.1) is 0 Å². The number of halogens is 2. The van der Waals surface area contributed by atoms with Gasteiger partial charge in [-0.05, 0) is 29.2 Å². The van der Waals surface area contributed by atoms with Crippen molar-refractivity contribution in [2.24, 2.45) is 5.92 Å². The van der Waals surface area contributed by atoms with E-state index in [4.69, 9.17) is 10.1 Å². The Morgan fingerprint density at radius 2 is 1.65 bits per heavy atom. The van der Waals surface area contributed by atoms with E-state index in [1.807, 2.05) is 60.7 Å². The molecule has 3 aromatic rings. The van der Waals surface area contributed by atoms with Gasteiger partial charge in [-0.1, -0.05) is 60.7 Å². The van der Waals surface area contributed by atoms with Gasteiger partial charge < -0.3 is 19.7 Å². The molecule has 3 aromatic carbocycles. The Morgan fingerprint density at radius 3 is 2.21 bits per heavy atom. The van der Waals surface area contributed by atoms with Gasteiger partial charge in [0.1, 0.15) is 5.82 Å². The second-order valence-corrected chi connectivity index (χ2v) is 9.38. The molecular weight excluding hydrogens is 434 g/mol. The van der Waals surface area contributed by atoms with Crippen LogP contribution in [-0.2, 0) is 5.41 Å². The first kappa shape index (κ1) is 23.9. The summed E-state index contributed by atoms with van der Waals surface area (Å²) in [7, 11) is 2.16. The first-order valence-corrected chi connectivity index (χ1v) is 11.6. The van der Waals surface area contributed by atoms with Crippen molar-refractivity contribution in [3.05, 3.63) is 102 Å². The molecule has 4 rings (SSSR count). The molecule has 4 nitrogen and oxygen atoms in total. The van der Waals surface area contributed by atoms with Crippen LogP contribution in [0, 0.1) is 23.0 Å². The molecule has 6 heteroatoms. The summed E-state index contributed by atoms with van der Waals surface area (Å²) >= 11 is 0. The van der Waals surface area contributed by atoms with Crippen LogP contribution in [0.2, 0.25) is 0 Å². The lowest BCUT2D eigenvalue weighted by atomic mass is 9.65. The zero-order chi connectivity index (χ0) is 24.2. The van der Waals surface area contributed by atoms with Crippen LogP contribution in [-0.4, -0.2) is 43.7 Å². The summed E-state index contributed by atoms with van der Waals surface area (Å²) in [5.74, 6) is -1.89. The minimum atomic E-state index is -1.02. The molecule has 34 heavy (non-hydrogen) atoms. The van der Waals surface area contributed by atoms with E-state index in [-0.39, 0.29) is 11.7 Å². The van der Waals surface area contributed by atoms with Crippen molar-refractivity contribution in [3.63, 3.8) is 0 Å². The summed E-state index contributed by atoms with van der Waals surface area (Å²) < 4.78 is 33.2. The standard InChI is InChI=1S/C28H30F2N2O2/c1-32(16-8-18-34-26-14-13-24(29)19-25(26)30)17-15-23(20-32)28(27(31)33,21-9-4-2-5-10-21)22-11-6-3-7-12-22/h2-7,9-14,19,23H,8,15-18,20H2,1H3,(H-,31,33). The summed E-state index contributed by atoms with van der Waals surface area (Å²) in [5, 5.41) is 21.5.